The van der Waals surface area contributed by atoms with Gasteiger partial charge in [0.15, 0.2) is 0 Å². The summed E-state index contributed by atoms with van der Waals surface area (Å²) in [4.78, 5) is 15.0. The predicted molar refractivity (Wildman–Crippen MR) is 59.1 cm³/mol. The SMILES string of the molecule is N#Cc1cccc2[nH]c3c(c12)C(=O)NCC3. The van der Waals surface area contributed by atoms with Crippen molar-refractivity contribution in [1.82, 2.24) is 10.3 Å². The Morgan fingerprint density at radius 3 is 3.06 bits per heavy atom. The lowest BCUT2D eigenvalue weighted by Gasteiger charge is -2.12. The number of amides is 1. The second kappa shape index (κ2) is 3.11. The summed E-state index contributed by atoms with van der Waals surface area (Å²) in [7, 11) is 0. The Labute approximate surface area is 91.9 Å². The van der Waals surface area contributed by atoms with E-state index >= 15 is 0 Å². The van der Waals surface area contributed by atoms with E-state index in [0.717, 1.165) is 23.0 Å². The van der Waals surface area contributed by atoms with Crippen molar-refractivity contribution in [3.63, 3.8) is 0 Å². The van der Waals surface area contributed by atoms with Crippen molar-refractivity contribution < 1.29 is 4.79 Å². The number of nitrogens with one attached hydrogen (secondary N) is 2. The van der Waals surface area contributed by atoms with Gasteiger partial charge in [0.05, 0.1) is 17.2 Å². The molecule has 0 aliphatic carbocycles. The Kier molecular flexibility index (Phi) is 1.74. The van der Waals surface area contributed by atoms with Gasteiger partial charge < -0.3 is 10.3 Å². The fraction of sp³-hybridized carbons (Fsp3) is 0.167. The van der Waals surface area contributed by atoms with Crippen molar-refractivity contribution in [3.8, 4) is 6.07 Å². The second-order valence-electron chi connectivity index (χ2n) is 3.82. The number of fused-ring (bicyclic) bond motifs is 3. The van der Waals surface area contributed by atoms with E-state index in [-0.39, 0.29) is 5.91 Å². The Hall–Kier alpha value is -2.28. The fourth-order valence-corrected chi connectivity index (χ4v) is 2.22. The number of benzene rings is 1. The third-order valence-corrected chi connectivity index (χ3v) is 2.91. The Morgan fingerprint density at radius 1 is 1.38 bits per heavy atom. The first-order chi connectivity index (χ1) is 7.81. The molecule has 4 nitrogen and oxygen atoms in total. The molecular weight excluding hydrogens is 202 g/mol. The smallest absolute Gasteiger partial charge is 0.253 e. The van der Waals surface area contributed by atoms with E-state index in [9.17, 15) is 4.79 Å². The van der Waals surface area contributed by atoms with Gasteiger partial charge in [-0.2, -0.15) is 5.26 Å². The predicted octanol–water partition coefficient (Wildman–Crippen LogP) is 1.33. The number of aromatic nitrogens is 1. The molecule has 4 heteroatoms. The highest BCUT2D eigenvalue weighted by molar-refractivity contribution is 6.10. The number of aromatic amines is 1. The van der Waals surface area contributed by atoms with Crippen molar-refractivity contribution in [2.45, 2.75) is 6.42 Å². The first-order valence-electron chi connectivity index (χ1n) is 5.13. The maximum absolute atomic E-state index is 11.8. The van der Waals surface area contributed by atoms with Gasteiger partial charge in [-0.05, 0) is 12.1 Å². The maximum Gasteiger partial charge on any atom is 0.253 e. The number of nitriles is 1. The highest BCUT2D eigenvalue weighted by Gasteiger charge is 2.23. The van der Waals surface area contributed by atoms with Crippen molar-refractivity contribution in [1.29, 1.82) is 5.26 Å². The summed E-state index contributed by atoms with van der Waals surface area (Å²) in [6.07, 6.45) is 0.792. The zero-order valence-electron chi connectivity index (χ0n) is 8.50. The molecule has 2 aromatic rings. The molecule has 2 N–H and O–H groups in total. The number of rotatable bonds is 0. The zero-order valence-corrected chi connectivity index (χ0v) is 8.50. The van der Waals surface area contributed by atoms with Crippen LogP contribution in [0.2, 0.25) is 0 Å². The summed E-state index contributed by atoms with van der Waals surface area (Å²) in [5.74, 6) is -0.0878. The normalized spacial score (nSPS) is 14.3. The van der Waals surface area contributed by atoms with Crippen LogP contribution in [-0.2, 0) is 6.42 Å². The number of hydrogen-bond acceptors (Lipinski definition) is 2. The molecule has 0 fully saturated rings. The summed E-state index contributed by atoms with van der Waals surface area (Å²) in [6, 6.07) is 7.57. The Bertz CT molecular complexity index is 633. The van der Waals surface area contributed by atoms with Gasteiger partial charge in [-0.15, -0.1) is 0 Å². The first kappa shape index (κ1) is 8.98. The molecule has 0 radical (unpaired) electrons. The molecule has 0 atom stereocenters. The van der Waals surface area contributed by atoms with Crippen LogP contribution in [-0.4, -0.2) is 17.4 Å². The topological polar surface area (TPSA) is 68.7 Å². The van der Waals surface area contributed by atoms with Gasteiger partial charge in [-0.1, -0.05) is 6.07 Å². The summed E-state index contributed by atoms with van der Waals surface area (Å²) in [6.45, 7) is 0.653. The molecule has 0 unspecified atom stereocenters. The number of nitrogens with zero attached hydrogens (tertiary/aromatic N) is 1. The van der Waals surface area contributed by atoms with Crippen molar-refractivity contribution in [2.24, 2.45) is 0 Å². The highest BCUT2D eigenvalue weighted by atomic mass is 16.1. The lowest BCUT2D eigenvalue weighted by Crippen LogP contribution is -2.31. The number of carbonyl (C=O) groups is 1. The van der Waals surface area contributed by atoms with Crippen LogP contribution < -0.4 is 5.32 Å². The Balaban J connectivity index is 2.45. The summed E-state index contributed by atoms with van der Waals surface area (Å²) >= 11 is 0. The van der Waals surface area contributed by atoms with Gasteiger partial charge in [-0.25, -0.2) is 0 Å². The summed E-state index contributed by atoms with van der Waals surface area (Å²) in [5.41, 5.74) is 2.98. The molecule has 1 aliphatic rings. The van der Waals surface area contributed by atoms with Crippen LogP contribution in [0.15, 0.2) is 18.2 Å². The fourth-order valence-electron chi connectivity index (χ4n) is 2.22. The number of hydrogen-bond donors (Lipinski definition) is 2. The van der Waals surface area contributed by atoms with Gasteiger partial charge in [0.2, 0.25) is 0 Å². The van der Waals surface area contributed by atoms with Crippen LogP contribution in [0.3, 0.4) is 0 Å². The molecule has 2 heterocycles. The summed E-state index contributed by atoms with van der Waals surface area (Å²) < 4.78 is 0. The Morgan fingerprint density at radius 2 is 2.25 bits per heavy atom. The monoisotopic (exact) mass is 211 g/mol. The van der Waals surface area contributed by atoms with E-state index in [2.05, 4.69) is 16.4 Å². The zero-order chi connectivity index (χ0) is 11.1. The van der Waals surface area contributed by atoms with Crippen LogP contribution in [0, 0.1) is 11.3 Å². The molecule has 1 aromatic heterocycles. The van der Waals surface area contributed by atoms with Crippen LogP contribution in [0.1, 0.15) is 21.6 Å². The van der Waals surface area contributed by atoms with Gasteiger partial charge in [0.25, 0.3) is 5.91 Å². The minimum absolute atomic E-state index is 0.0878. The molecule has 3 rings (SSSR count). The quantitative estimate of drug-likeness (QED) is 0.690. The van der Waals surface area contributed by atoms with Crippen LogP contribution >= 0.6 is 0 Å². The van der Waals surface area contributed by atoms with Crippen LogP contribution in [0.5, 0.6) is 0 Å². The van der Waals surface area contributed by atoms with Crippen LogP contribution in [0.4, 0.5) is 0 Å². The number of carbonyl (C=O) groups excluding carboxylic acids is 1. The molecule has 0 saturated heterocycles. The third-order valence-electron chi connectivity index (χ3n) is 2.91. The van der Waals surface area contributed by atoms with E-state index in [1.807, 2.05) is 12.1 Å². The first-order valence-corrected chi connectivity index (χ1v) is 5.13. The average Bonchev–Trinajstić information content (AvgIpc) is 2.68. The van der Waals surface area contributed by atoms with Gasteiger partial charge in [0, 0.05) is 29.6 Å². The van der Waals surface area contributed by atoms with E-state index in [1.54, 1.807) is 6.07 Å². The summed E-state index contributed by atoms with van der Waals surface area (Å²) in [5, 5.41) is 12.6. The van der Waals surface area contributed by atoms with E-state index < -0.39 is 0 Å². The van der Waals surface area contributed by atoms with Crippen molar-refractivity contribution in [2.75, 3.05) is 6.54 Å². The molecule has 1 aliphatic heterocycles. The lowest BCUT2D eigenvalue weighted by molar-refractivity contribution is 0.0947. The molecule has 1 amide bonds. The molecule has 16 heavy (non-hydrogen) atoms. The highest BCUT2D eigenvalue weighted by Crippen LogP contribution is 2.27. The van der Waals surface area contributed by atoms with Crippen molar-refractivity contribution >= 4 is 16.8 Å². The molecule has 1 aromatic carbocycles. The largest absolute Gasteiger partial charge is 0.358 e. The van der Waals surface area contributed by atoms with Gasteiger partial charge in [-0.3, -0.25) is 4.79 Å². The standard InChI is InChI=1S/C12H9N3O/c13-6-7-2-1-3-8-10(7)11-9(15-8)4-5-14-12(11)16/h1-3,15H,4-5H2,(H,14,16). The maximum atomic E-state index is 11.8. The minimum atomic E-state index is -0.0878. The number of H-pyrrole nitrogens is 1. The molecule has 0 bridgehead atoms. The van der Waals surface area contributed by atoms with E-state index in [0.29, 0.717) is 17.7 Å². The lowest BCUT2D eigenvalue weighted by atomic mass is 10.0. The molecule has 0 saturated carbocycles. The average molecular weight is 211 g/mol. The minimum Gasteiger partial charge on any atom is -0.358 e. The third kappa shape index (κ3) is 1.06. The molecular formula is C12H9N3O. The van der Waals surface area contributed by atoms with E-state index in [1.165, 1.54) is 0 Å². The molecule has 78 valence electrons. The van der Waals surface area contributed by atoms with Gasteiger partial charge >= 0.3 is 0 Å². The molecule has 0 spiro atoms. The second-order valence-corrected chi connectivity index (χ2v) is 3.82. The van der Waals surface area contributed by atoms with Gasteiger partial charge in [0.1, 0.15) is 0 Å². The van der Waals surface area contributed by atoms with Crippen molar-refractivity contribution in [3.05, 3.63) is 35.0 Å². The van der Waals surface area contributed by atoms with Crippen LogP contribution in [0.25, 0.3) is 10.9 Å². The van der Waals surface area contributed by atoms with E-state index in [4.69, 9.17) is 5.26 Å².